The molecule has 0 aliphatic heterocycles. The van der Waals surface area contributed by atoms with Crippen LogP contribution < -0.4 is 0 Å². The van der Waals surface area contributed by atoms with E-state index >= 15 is 0 Å². The van der Waals surface area contributed by atoms with Crippen molar-refractivity contribution in [3.05, 3.63) is 33.2 Å². The van der Waals surface area contributed by atoms with E-state index in [1.54, 1.807) is 19.3 Å². The van der Waals surface area contributed by atoms with Crippen LogP contribution in [-0.4, -0.2) is 27.1 Å². The average Bonchev–Trinajstić information content (AvgIpc) is 2.90. The summed E-state index contributed by atoms with van der Waals surface area (Å²) in [6.45, 7) is 2.77. The zero-order valence-corrected chi connectivity index (χ0v) is 11.5. The fourth-order valence-corrected chi connectivity index (χ4v) is 2.43. The van der Waals surface area contributed by atoms with Crippen molar-refractivity contribution < 1.29 is 9.53 Å². The molecule has 0 aliphatic rings. The summed E-state index contributed by atoms with van der Waals surface area (Å²) in [5, 5.41) is 0.387. The first-order chi connectivity index (χ1) is 8.20. The first-order valence-corrected chi connectivity index (χ1v) is 6.60. The number of imidazole rings is 1. The molecule has 0 amide bonds. The zero-order chi connectivity index (χ0) is 12.3. The highest BCUT2D eigenvalue weighted by Crippen LogP contribution is 2.17. The first kappa shape index (κ1) is 12.3. The molecule has 0 atom stereocenters. The van der Waals surface area contributed by atoms with Gasteiger partial charge in [0.25, 0.3) is 0 Å². The smallest absolute Gasteiger partial charge is 0.367 e. The summed E-state index contributed by atoms with van der Waals surface area (Å²) in [6, 6.07) is 0. The van der Waals surface area contributed by atoms with E-state index in [-0.39, 0.29) is 5.97 Å². The number of carbonyl (C=O) groups excluding carboxylic acids is 1. The second-order valence-electron chi connectivity index (χ2n) is 3.18. The molecule has 2 aromatic heterocycles. The third kappa shape index (κ3) is 2.92. The molecule has 0 fully saturated rings. The SMILES string of the molecule is CCOC(=O)c1ncc(Cn2ccnc2Br)s1. The Morgan fingerprint density at radius 1 is 1.59 bits per heavy atom. The number of ether oxygens (including phenoxy) is 1. The summed E-state index contributed by atoms with van der Waals surface area (Å²) in [6.07, 6.45) is 5.24. The van der Waals surface area contributed by atoms with E-state index < -0.39 is 0 Å². The molecule has 2 aromatic rings. The maximum Gasteiger partial charge on any atom is 0.367 e. The Morgan fingerprint density at radius 2 is 2.41 bits per heavy atom. The summed E-state index contributed by atoms with van der Waals surface area (Å²) in [7, 11) is 0. The maximum atomic E-state index is 11.4. The van der Waals surface area contributed by atoms with Crippen molar-refractivity contribution in [1.29, 1.82) is 0 Å². The van der Waals surface area contributed by atoms with Crippen LogP contribution in [0.25, 0.3) is 0 Å². The van der Waals surface area contributed by atoms with E-state index in [1.807, 2.05) is 10.8 Å². The lowest BCUT2D eigenvalue weighted by Crippen LogP contribution is -2.03. The van der Waals surface area contributed by atoms with Gasteiger partial charge in [-0.15, -0.1) is 11.3 Å². The molecule has 0 radical (unpaired) electrons. The Hall–Kier alpha value is -1.21. The van der Waals surface area contributed by atoms with Gasteiger partial charge in [0.05, 0.1) is 13.2 Å². The van der Waals surface area contributed by atoms with Crippen LogP contribution in [0.5, 0.6) is 0 Å². The topological polar surface area (TPSA) is 57.0 Å². The van der Waals surface area contributed by atoms with Gasteiger partial charge in [-0.05, 0) is 22.9 Å². The molecule has 0 saturated carbocycles. The lowest BCUT2D eigenvalue weighted by atomic mass is 10.5. The predicted molar refractivity (Wildman–Crippen MR) is 67.1 cm³/mol. The third-order valence-corrected chi connectivity index (χ3v) is 3.62. The number of carbonyl (C=O) groups is 1. The minimum atomic E-state index is -0.367. The Labute approximate surface area is 111 Å². The van der Waals surface area contributed by atoms with Gasteiger partial charge in [-0.2, -0.15) is 0 Å². The molecule has 2 rings (SSSR count). The Morgan fingerprint density at radius 3 is 3.06 bits per heavy atom. The van der Waals surface area contributed by atoms with Crippen LogP contribution in [0.3, 0.4) is 0 Å². The number of halogens is 1. The number of hydrogen-bond acceptors (Lipinski definition) is 5. The fraction of sp³-hybridized carbons (Fsp3) is 0.300. The summed E-state index contributed by atoms with van der Waals surface area (Å²) >= 11 is 4.66. The Balaban J connectivity index is 2.09. The fourth-order valence-electron chi connectivity index (χ4n) is 1.26. The molecule has 0 N–H and O–H groups in total. The van der Waals surface area contributed by atoms with E-state index in [9.17, 15) is 4.79 Å². The van der Waals surface area contributed by atoms with Gasteiger partial charge in [0.2, 0.25) is 5.01 Å². The van der Waals surface area contributed by atoms with Crippen LogP contribution in [-0.2, 0) is 11.3 Å². The molecule has 0 saturated heterocycles. The van der Waals surface area contributed by atoms with Crippen LogP contribution in [0.1, 0.15) is 21.6 Å². The van der Waals surface area contributed by atoms with Crippen molar-refractivity contribution in [2.24, 2.45) is 0 Å². The van der Waals surface area contributed by atoms with E-state index in [2.05, 4.69) is 25.9 Å². The summed E-state index contributed by atoms with van der Waals surface area (Å²) in [5.74, 6) is -0.367. The zero-order valence-electron chi connectivity index (χ0n) is 9.09. The third-order valence-electron chi connectivity index (χ3n) is 1.99. The van der Waals surface area contributed by atoms with Crippen molar-refractivity contribution >= 4 is 33.2 Å². The average molecular weight is 316 g/mol. The van der Waals surface area contributed by atoms with Gasteiger partial charge in [0.1, 0.15) is 0 Å². The van der Waals surface area contributed by atoms with E-state index in [0.717, 1.165) is 9.61 Å². The van der Waals surface area contributed by atoms with Gasteiger partial charge >= 0.3 is 5.97 Å². The number of aromatic nitrogens is 3. The highest BCUT2D eigenvalue weighted by atomic mass is 79.9. The van der Waals surface area contributed by atoms with Crippen LogP contribution in [0, 0.1) is 0 Å². The van der Waals surface area contributed by atoms with Crippen LogP contribution in [0.4, 0.5) is 0 Å². The highest BCUT2D eigenvalue weighted by molar-refractivity contribution is 9.10. The van der Waals surface area contributed by atoms with Crippen LogP contribution in [0.2, 0.25) is 0 Å². The number of rotatable bonds is 4. The molecule has 0 bridgehead atoms. The second kappa shape index (κ2) is 5.42. The van der Waals surface area contributed by atoms with Crippen molar-refractivity contribution in [2.75, 3.05) is 6.61 Å². The molecule has 2 heterocycles. The molecule has 17 heavy (non-hydrogen) atoms. The molecular formula is C10H10BrN3O2S. The highest BCUT2D eigenvalue weighted by Gasteiger charge is 2.12. The first-order valence-electron chi connectivity index (χ1n) is 4.99. The molecule has 7 heteroatoms. The largest absolute Gasteiger partial charge is 0.461 e. The minimum absolute atomic E-state index is 0.362. The quantitative estimate of drug-likeness (QED) is 0.812. The van der Waals surface area contributed by atoms with Gasteiger partial charge in [0.15, 0.2) is 4.73 Å². The molecule has 5 nitrogen and oxygen atoms in total. The van der Waals surface area contributed by atoms with Gasteiger partial charge in [-0.25, -0.2) is 14.8 Å². The van der Waals surface area contributed by atoms with Gasteiger partial charge < -0.3 is 9.30 Å². The molecule has 0 unspecified atom stereocenters. The summed E-state index contributed by atoms with van der Waals surface area (Å²) < 4.78 is 7.55. The number of nitrogens with zero attached hydrogens (tertiary/aromatic N) is 3. The van der Waals surface area contributed by atoms with Crippen molar-refractivity contribution in [1.82, 2.24) is 14.5 Å². The number of esters is 1. The lowest BCUT2D eigenvalue weighted by molar-refractivity contribution is 0.0526. The Kier molecular flexibility index (Phi) is 3.90. The van der Waals surface area contributed by atoms with Crippen molar-refractivity contribution in [3.8, 4) is 0 Å². The normalized spacial score (nSPS) is 10.5. The molecule has 90 valence electrons. The molecular weight excluding hydrogens is 306 g/mol. The van der Waals surface area contributed by atoms with Crippen LogP contribution >= 0.6 is 27.3 Å². The van der Waals surface area contributed by atoms with Gasteiger partial charge in [-0.1, -0.05) is 0 Å². The predicted octanol–water partition coefficient (Wildman–Crippen LogP) is 2.33. The van der Waals surface area contributed by atoms with Gasteiger partial charge in [-0.3, -0.25) is 0 Å². The van der Waals surface area contributed by atoms with E-state index in [1.165, 1.54) is 11.3 Å². The molecule has 0 aliphatic carbocycles. The second-order valence-corrected chi connectivity index (χ2v) is 5.00. The Bertz CT molecular complexity index is 523. The minimum Gasteiger partial charge on any atom is -0.461 e. The van der Waals surface area contributed by atoms with Crippen LogP contribution in [0.15, 0.2) is 23.3 Å². The summed E-state index contributed by atoms with van der Waals surface area (Å²) in [5.41, 5.74) is 0. The summed E-state index contributed by atoms with van der Waals surface area (Å²) in [4.78, 5) is 20.5. The van der Waals surface area contributed by atoms with Gasteiger partial charge in [0, 0.05) is 23.5 Å². The number of hydrogen-bond donors (Lipinski definition) is 0. The maximum absolute atomic E-state index is 11.4. The molecule has 0 aromatic carbocycles. The standard InChI is InChI=1S/C10H10BrN3O2S/c1-2-16-9(15)8-13-5-7(17-8)6-14-4-3-12-10(14)11/h3-5H,2,6H2,1H3. The van der Waals surface area contributed by atoms with Crippen molar-refractivity contribution in [2.45, 2.75) is 13.5 Å². The molecule has 0 spiro atoms. The van der Waals surface area contributed by atoms with Crippen molar-refractivity contribution in [3.63, 3.8) is 0 Å². The monoisotopic (exact) mass is 315 g/mol. The lowest BCUT2D eigenvalue weighted by Gasteiger charge is -1.99. The van der Waals surface area contributed by atoms with E-state index in [4.69, 9.17) is 4.74 Å². The van der Waals surface area contributed by atoms with E-state index in [0.29, 0.717) is 18.2 Å². The number of thiazole rings is 1.